The molecule has 2 aromatic rings. The van der Waals surface area contributed by atoms with Crippen molar-refractivity contribution in [3.05, 3.63) is 48.4 Å². The standard InChI is InChI=1S/C24H32N4O4/c1-31-21-7-5-20(6-8-21)27-13-11-26(12-14-27)10-3-9-25-24(30)19-16-23(29)28(17-19)18-22-4-2-15-32-22/h2,4-8,15,19H,3,9-14,16-18H2,1H3,(H,25,30)/t19-/m0/s1. The second-order valence-electron chi connectivity index (χ2n) is 8.43. The van der Waals surface area contributed by atoms with E-state index in [2.05, 4.69) is 27.2 Å². The minimum Gasteiger partial charge on any atom is -0.497 e. The van der Waals surface area contributed by atoms with Gasteiger partial charge in [0.05, 0.1) is 25.8 Å². The molecule has 1 aromatic heterocycles. The summed E-state index contributed by atoms with van der Waals surface area (Å²) >= 11 is 0. The molecule has 0 radical (unpaired) electrons. The van der Waals surface area contributed by atoms with E-state index in [1.807, 2.05) is 18.2 Å². The number of furan rings is 1. The summed E-state index contributed by atoms with van der Waals surface area (Å²) in [5.41, 5.74) is 1.23. The topological polar surface area (TPSA) is 78.3 Å². The van der Waals surface area contributed by atoms with Crippen LogP contribution in [-0.2, 0) is 16.1 Å². The lowest BCUT2D eigenvalue weighted by atomic mass is 10.1. The van der Waals surface area contributed by atoms with E-state index in [1.54, 1.807) is 24.3 Å². The number of hydrogen-bond acceptors (Lipinski definition) is 6. The fraction of sp³-hybridized carbons (Fsp3) is 0.500. The normalized spacial score (nSPS) is 19.4. The Morgan fingerprint density at radius 2 is 1.94 bits per heavy atom. The zero-order valence-electron chi connectivity index (χ0n) is 18.7. The summed E-state index contributed by atoms with van der Waals surface area (Å²) in [7, 11) is 1.68. The highest BCUT2D eigenvalue weighted by Gasteiger charge is 2.34. The van der Waals surface area contributed by atoms with Gasteiger partial charge in [-0.2, -0.15) is 0 Å². The molecule has 2 saturated heterocycles. The first-order valence-electron chi connectivity index (χ1n) is 11.3. The molecular formula is C24H32N4O4. The van der Waals surface area contributed by atoms with Crippen molar-refractivity contribution in [2.24, 2.45) is 5.92 Å². The number of benzene rings is 1. The number of carbonyl (C=O) groups is 2. The van der Waals surface area contributed by atoms with Crippen molar-refractivity contribution in [1.82, 2.24) is 15.1 Å². The number of carbonyl (C=O) groups excluding carboxylic acids is 2. The summed E-state index contributed by atoms with van der Waals surface area (Å²) in [4.78, 5) is 31.2. The first-order chi connectivity index (χ1) is 15.6. The van der Waals surface area contributed by atoms with Gasteiger partial charge in [-0.25, -0.2) is 0 Å². The van der Waals surface area contributed by atoms with Crippen LogP contribution in [-0.4, -0.2) is 74.5 Å². The average Bonchev–Trinajstić information content (AvgIpc) is 3.47. The monoisotopic (exact) mass is 440 g/mol. The largest absolute Gasteiger partial charge is 0.497 e. The smallest absolute Gasteiger partial charge is 0.225 e. The molecular weight excluding hydrogens is 408 g/mol. The molecule has 32 heavy (non-hydrogen) atoms. The Hall–Kier alpha value is -3.00. The minimum atomic E-state index is -0.273. The van der Waals surface area contributed by atoms with E-state index < -0.39 is 0 Å². The van der Waals surface area contributed by atoms with E-state index in [0.29, 0.717) is 19.6 Å². The van der Waals surface area contributed by atoms with E-state index in [1.165, 1.54) is 5.69 Å². The summed E-state index contributed by atoms with van der Waals surface area (Å²) in [5, 5.41) is 3.02. The van der Waals surface area contributed by atoms with Gasteiger partial charge in [0.25, 0.3) is 0 Å². The molecule has 0 saturated carbocycles. The third-order valence-electron chi connectivity index (χ3n) is 6.27. The number of hydrogen-bond donors (Lipinski definition) is 1. The van der Waals surface area contributed by atoms with Crippen LogP contribution < -0.4 is 15.0 Å². The van der Waals surface area contributed by atoms with Crippen molar-refractivity contribution in [3.63, 3.8) is 0 Å². The molecule has 2 fully saturated rings. The molecule has 2 amide bonds. The zero-order chi connectivity index (χ0) is 22.3. The number of likely N-dealkylation sites (tertiary alicyclic amines) is 1. The minimum absolute atomic E-state index is 0.0104. The van der Waals surface area contributed by atoms with Crippen LogP contribution in [0.4, 0.5) is 5.69 Å². The van der Waals surface area contributed by atoms with Gasteiger partial charge in [0, 0.05) is 51.4 Å². The number of ether oxygens (including phenoxy) is 1. The highest BCUT2D eigenvalue weighted by atomic mass is 16.5. The lowest BCUT2D eigenvalue weighted by Gasteiger charge is -2.36. The van der Waals surface area contributed by atoms with Crippen LogP contribution in [0.1, 0.15) is 18.6 Å². The van der Waals surface area contributed by atoms with Gasteiger partial charge in [-0.1, -0.05) is 0 Å². The van der Waals surface area contributed by atoms with Gasteiger partial charge in [-0.3, -0.25) is 14.5 Å². The molecule has 1 aromatic carbocycles. The van der Waals surface area contributed by atoms with Crippen LogP contribution in [0.25, 0.3) is 0 Å². The lowest BCUT2D eigenvalue weighted by molar-refractivity contribution is -0.129. The van der Waals surface area contributed by atoms with Crippen molar-refractivity contribution in [1.29, 1.82) is 0 Å². The molecule has 2 aliphatic heterocycles. The van der Waals surface area contributed by atoms with Crippen molar-refractivity contribution >= 4 is 17.5 Å². The van der Waals surface area contributed by atoms with Crippen molar-refractivity contribution in [2.75, 3.05) is 57.8 Å². The summed E-state index contributed by atoms with van der Waals surface area (Å²) in [5.74, 6) is 1.33. The Morgan fingerprint density at radius 3 is 2.62 bits per heavy atom. The Balaban J connectivity index is 1.11. The molecule has 0 unspecified atom stereocenters. The molecule has 0 aliphatic carbocycles. The molecule has 172 valence electrons. The molecule has 8 nitrogen and oxygen atoms in total. The molecule has 0 spiro atoms. The summed E-state index contributed by atoms with van der Waals surface area (Å²) < 4.78 is 10.5. The summed E-state index contributed by atoms with van der Waals surface area (Å²) in [6, 6.07) is 11.9. The highest BCUT2D eigenvalue weighted by Crippen LogP contribution is 2.21. The first-order valence-corrected chi connectivity index (χ1v) is 11.3. The number of methoxy groups -OCH3 is 1. The van der Waals surface area contributed by atoms with Gasteiger partial charge in [0.1, 0.15) is 11.5 Å². The first kappa shape index (κ1) is 22.2. The number of rotatable bonds is 9. The number of amides is 2. The molecule has 0 bridgehead atoms. The predicted octanol–water partition coefficient (Wildman–Crippen LogP) is 1.97. The third kappa shape index (κ3) is 5.62. The van der Waals surface area contributed by atoms with E-state index in [-0.39, 0.29) is 24.2 Å². The van der Waals surface area contributed by atoms with Crippen LogP contribution in [0, 0.1) is 5.92 Å². The Morgan fingerprint density at radius 1 is 1.16 bits per heavy atom. The maximum atomic E-state index is 12.5. The SMILES string of the molecule is COc1ccc(N2CCN(CCCNC(=O)[C@H]3CC(=O)N(Cc4ccco4)C3)CC2)cc1. The number of anilines is 1. The third-order valence-corrected chi connectivity index (χ3v) is 6.27. The quantitative estimate of drug-likeness (QED) is 0.601. The van der Waals surface area contributed by atoms with Gasteiger partial charge in [-0.05, 0) is 49.4 Å². The Bertz CT molecular complexity index is 876. The number of piperazine rings is 1. The Labute approximate surface area is 189 Å². The fourth-order valence-corrected chi connectivity index (χ4v) is 4.37. The molecule has 1 N–H and O–H groups in total. The van der Waals surface area contributed by atoms with Crippen molar-refractivity contribution in [3.8, 4) is 5.75 Å². The van der Waals surface area contributed by atoms with Crippen LogP contribution >= 0.6 is 0 Å². The van der Waals surface area contributed by atoms with Gasteiger partial charge < -0.3 is 24.3 Å². The van der Waals surface area contributed by atoms with Crippen LogP contribution in [0.5, 0.6) is 5.75 Å². The number of nitrogens with one attached hydrogen (secondary N) is 1. The fourth-order valence-electron chi connectivity index (χ4n) is 4.37. The summed E-state index contributed by atoms with van der Waals surface area (Å²) in [6.07, 6.45) is 2.78. The Kier molecular flexibility index (Phi) is 7.32. The van der Waals surface area contributed by atoms with E-state index in [9.17, 15) is 9.59 Å². The summed E-state index contributed by atoms with van der Waals surface area (Å²) in [6.45, 7) is 6.50. The van der Waals surface area contributed by atoms with Gasteiger partial charge in [-0.15, -0.1) is 0 Å². The molecule has 1 atom stereocenters. The van der Waals surface area contributed by atoms with Gasteiger partial charge >= 0.3 is 0 Å². The van der Waals surface area contributed by atoms with Gasteiger partial charge in [0.15, 0.2) is 0 Å². The van der Waals surface area contributed by atoms with E-state index >= 15 is 0 Å². The second-order valence-corrected chi connectivity index (χ2v) is 8.43. The lowest BCUT2D eigenvalue weighted by Crippen LogP contribution is -2.47. The van der Waals surface area contributed by atoms with Crippen LogP contribution in [0.2, 0.25) is 0 Å². The predicted molar refractivity (Wildman–Crippen MR) is 122 cm³/mol. The molecule has 3 heterocycles. The van der Waals surface area contributed by atoms with Crippen LogP contribution in [0.15, 0.2) is 47.1 Å². The molecule has 2 aliphatic rings. The van der Waals surface area contributed by atoms with Crippen molar-refractivity contribution in [2.45, 2.75) is 19.4 Å². The van der Waals surface area contributed by atoms with E-state index in [0.717, 1.165) is 50.7 Å². The number of nitrogens with zero attached hydrogens (tertiary/aromatic N) is 3. The maximum Gasteiger partial charge on any atom is 0.225 e. The van der Waals surface area contributed by atoms with Crippen LogP contribution in [0.3, 0.4) is 0 Å². The highest BCUT2D eigenvalue weighted by molar-refractivity contribution is 5.89. The molecule has 4 rings (SSSR count). The maximum absolute atomic E-state index is 12.5. The zero-order valence-corrected chi connectivity index (χ0v) is 18.7. The van der Waals surface area contributed by atoms with Crippen molar-refractivity contribution < 1.29 is 18.7 Å². The average molecular weight is 441 g/mol. The molecule has 8 heteroatoms. The van der Waals surface area contributed by atoms with Gasteiger partial charge in [0.2, 0.25) is 11.8 Å². The van der Waals surface area contributed by atoms with E-state index in [4.69, 9.17) is 9.15 Å². The second kappa shape index (κ2) is 10.5.